The average Bonchev–Trinajstić information content (AvgIpc) is 2.70. The van der Waals surface area contributed by atoms with E-state index in [1.165, 1.54) is 26.3 Å². The van der Waals surface area contributed by atoms with Crippen molar-refractivity contribution in [3.8, 4) is 5.88 Å². The number of aromatic nitrogens is 3. The van der Waals surface area contributed by atoms with Crippen LogP contribution in [0.25, 0.3) is 11.0 Å². The summed E-state index contributed by atoms with van der Waals surface area (Å²) < 4.78 is 34.5. The monoisotopic (exact) mass is 471 g/mol. The van der Waals surface area contributed by atoms with Crippen LogP contribution in [0.15, 0.2) is 24.4 Å². The SMILES string of the molecule is COC(C)c1c(NC(=O)Nc2cc(Cl)c(OC(F)F)nc2C)cnc2ccc(Cl)nc12. The summed E-state index contributed by atoms with van der Waals surface area (Å²) in [5.41, 5.74) is 2.43. The van der Waals surface area contributed by atoms with Gasteiger partial charge in [-0.1, -0.05) is 23.2 Å². The number of hydrogen-bond acceptors (Lipinski definition) is 6. The first-order valence-electron chi connectivity index (χ1n) is 8.87. The topological polar surface area (TPSA) is 98.3 Å². The van der Waals surface area contributed by atoms with Crippen LogP contribution in [0.5, 0.6) is 5.88 Å². The molecule has 0 spiro atoms. The molecule has 3 rings (SSSR count). The van der Waals surface area contributed by atoms with Crippen LogP contribution in [0.3, 0.4) is 0 Å². The predicted molar refractivity (Wildman–Crippen MR) is 113 cm³/mol. The minimum atomic E-state index is -3.07. The lowest BCUT2D eigenvalue weighted by Gasteiger charge is -2.18. The highest BCUT2D eigenvalue weighted by atomic mass is 35.5. The lowest BCUT2D eigenvalue weighted by molar-refractivity contribution is -0.0528. The maximum absolute atomic E-state index is 12.6. The van der Waals surface area contributed by atoms with Crippen LogP contribution in [0.1, 0.15) is 24.3 Å². The van der Waals surface area contributed by atoms with E-state index in [9.17, 15) is 13.6 Å². The number of halogens is 4. The van der Waals surface area contributed by atoms with E-state index in [0.29, 0.717) is 22.3 Å². The van der Waals surface area contributed by atoms with E-state index < -0.39 is 24.6 Å². The van der Waals surface area contributed by atoms with Crippen molar-refractivity contribution in [2.24, 2.45) is 0 Å². The van der Waals surface area contributed by atoms with E-state index in [-0.39, 0.29) is 21.6 Å². The minimum Gasteiger partial charge on any atom is -0.415 e. The summed E-state index contributed by atoms with van der Waals surface area (Å²) in [5, 5.41) is 5.34. The lowest BCUT2D eigenvalue weighted by atomic mass is 10.1. The number of pyridine rings is 3. The number of urea groups is 1. The molecule has 164 valence electrons. The minimum absolute atomic E-state index is 0.180. The molecule has 0 radical (unpaired) electrons. The lowest BCUT2D eigenvalue weighted by Crippen LogP contribution is -2.22. The number of alkyl halides is 2. The Morgan fingerprint density at radius 3 is 2.55 bits per heavy atom. The summed E-state index contributed by atoms with van der Waals surface area (Å²) in [6.07, 6.45) is 1.04. The number of ether oxygens (including phenoxy) is 2. The van der Waals surface area contributed by atoms with Crippen LogP contribution >= 0.6 is 23.2 Å². The standard InChI is InChI=1S/C19H17Cl2F2N5O3/c1-8-12(6-10(20)17(25-8)31-18(22)23)26-19(29)27-13-7-24-11-4-5-14(21)28-16(11)15(13)9(2)30-3/h4-7,9,18H,1-3H3,(H2,26,27,29). The number of rotatable bonds is 6. The molecular weight excluding hydrogens is 455 g/mol. The zero-order valence-electron chi connectivity index (χ0n) is 16.5. The molecule has 0 aliphatic heterocycles. The first-order valence-corrected chi connectivity index (χ1v) is 9.63. The van der Waals surface area contributed by atoms with Gasteiger partial charge in [0, 0.05) is 12.7 Å². The zero-order chi connectivity index (χ0) is 22.7. The van der Waals surface area contributed by atoms with Crippen molar-refractivity contribution in [3.05, 3.63) is 45.8 Å². The Morgan fingerprint density at radius 2 is 1.87 bits per heavy atom. The third kappa shape index (κ3) is 5.27. The molecule has 3 aromatic heterocycles. The molecule has 31 heavy (non-hydrogen) atoms. The van der Waals surface area contributed by atoms with E-state index in [0.717, 1.165) is 0 Å². The molecule has 0 bridgehead atoms. The van der Waals surface area contributed by atoms with E-state index in [1.54, 1.807) is 19.1 Å². The quantitative estimate of drug-likeness (QED) is 0.454. The van der Waals surface area contributed by atoms with Crippen LogP contribution in [0.4, 0.5) is 25.0 Å². The van der Waals surface area contributed by atoms with Gasteiger partial charge in [-0.05, 0) is 32.0 Å². The van der Waals surface area contributed by atoms with Gasteiger partial charge in [-0.3, -0.25) is 4.98 Å². The molecule has 8 nitrogen and oxygen atoms in total. The molecule has 0 fully saturated rings. The number of aryl methyl sites for hydroxylation is 1. The number of hydrogen-bond donors (Lipinski definition) is 2. The van der Waals surface area contributed by atoms with Crippen molar-refractivity contribution in [3.63, 3.8) is 0 Å². The van der Waals surface area contributed by atoms with E-state index in [2.05, 4.69) is 30.3 Å². The summed E-state index contributed by atoms with van der Waals surface area (Å²) in [6, 6.07) is 3.94. The molecule has 0 aliphatic rings. The Hall–Kier alpha value is -2.82. The van der Waals surface area contributed by atoms with Gasteiger partial charge >= 0.3 is 12.6 Å². The van der Waals surface area contributed by atoms with E-state index >= 15 is 0 Å². The third-order valence-corrected chi connectivity index (χ3v) is 4.79. The van der Waals surface area contributed by atoms with Crippen molar-refractivity contribution in [1.29, 1.82) is 0 Å². The fraction of sp³-hybridized carbons (Fsp3) is 0.263. The highest BCUT2D eigenvalue weighted by Crippen LogP contribution is 2.32. The molecule has 1 atom stereocenters. The zero-order valence-corrected chi connectivity index (χ0v) is 18.1. The third-order valence-electron chi connectivity index (χ3n) is 4.31. The molecule has 0 aromatic carbocycles. The van der Waals surface area contributed by atoms with Gasteiger partial charge in [-0.25, -0.2) is 14.8 Å². The van der Waals surface area contributed by atoms with Crippen molar-refractivity contribution >= 4 is 51.6 Å². The highest BCUT2D eigenvalue weighted by molar-refractivity contribution is 6.32. The van der Waals surface area contributed by atoms with Gasteiger partial charge in [-0.15, -0.1) is 0 Å². The van der Waals surface area contributed by atoms with E-state index in [1.807, 2.05) is 0 Å². The number of nitrogens with one attached hydrogen (secondary N) is 2. The van der Waals surface area contributed by atoms with Crippen molar-refractivity contribution in [2.75, 3.05) is 17.7 Å². The molecule has 2 N–H and O–H groups in total. The van der Waals surface area contributed by atoms with Crippen LogP contribution < -0.4 is 15.4 Å². The fourth-order valence-electron chi connectivity index (χ4n) is 2.82. The van der Waals surface area contributed by atoms with Gasteiger partial charge in [0.15, 0.2) is 0 Å². The number of nitrogens with zero attached hydrogens (tertiary/aromatic N) is 3. The molecule has 3 aromatic rings. The van der Waals surface area contributed by atoms with E-state index in [4.69, 9.17) is 27.9 Å². The number of anilines is 2. The normalized spacial score (nSPS) is 12.1. The molecule has 2 amide bonds. The Balaban J connectivity index is 1.89. The van der Waals surface area contributed by atoms with Crippen LogP contribution in [0.2, 0.25) is 10.2 Å². The molecule has 12 heteroatoms. The summed E-state index contributed by atoms with van der Waals surface area (Å²) >= 11 is 11.9. The molecule has 0 saturated heterocycles. The van der Waals surface area contributed by atoms with Gasteiger partial charge in [0.05, 0.1) is 40.4 Å². The second-order valence-corrected chi connectivity index (χ2v) is 7.13. The van der Waals surface area contributed by atoms with Gasteiger partial charge in [0.25, 0.3) is 0 Å². The van der Waals surface area contributed by atoms with Crippen LogP contribution in [-0.2, 0) is 4.74 Å². The first kappa shape index (κ1) is 22.9. The van der Waals surface area contributed by atoms with Crippen LogP contribution in [-0.4, -0.2) is 34.7 Å². The van der Waals surface area contributed by atoms with Gasteiger partial charge in [0.1, 0.15) is 10.2 Å². The maximum Gasteiger partial charge on any atom is 0.388 e. The Morgan fingerprint density at radius 1 is 1.16 bits per heavy atom. The van der Waals surface area contributed by atoms with Gasteiger partial charge in [0.2, 0.25) is 5.88 Å². The maximum atomic E-state index is 12.6. The number of carbonyl (C=O) groups excluding carboxylic acids is 1. The Kier molecular flexibility index (Phi) is 7.04. The average molecular weight is 472 g/mol. The molecule has 0 aliphatic carbocycles. The predicted octanol–water partition coefficient (Wildman–Crippen LogP) is 5.59. The number of methoxy groups -OCH3 is 1. The molecular formula is C19H17Cl2F2N5O3. The summed E-state index contributed by atoms with van der Waals surface area (Å²) in [6.45, 7) is 0.220. The van der Waals surface area contributed by atoms with Crippen molar-refractivity contribution < 1.29 is 23.0 Å². The first-order chi connectivity index (χ1) is 14.7. The Labute approximate surface area is 185 Å². The summed E-state index contributed by atoms with van der Waals surface area (Å²) in [7, 11) is 1.52. The smallest absolute Gasteiger partial charge is 0.388 e. The Bertz CT molecular complexity index is 1130. The summed E-state index contributed by atoms with van der Waals surface area (Å²) in [4.78, 5) is 25.1. The molecule has 1 unspecified atom stereocenters. The van der Waals surface area contributed by atoms with Gasteiger partial charge in [-0.2, -0.15) is 8.78 Å². The highest BCUT2D eigenvalue weighted by Gasteiger charge is 2.20. The summed E-state index contributed by atoms with van der Waals surface area (Å²) in [5.74, 6) is -0.432. The van der Waals surface area contributed by atoms with Crippen molar-refractivity contribution in [1.82, 2.24) is 15.0 Å². The number of fused-ring (bicyclic) bond motifs is 1. The second kappa shape index (κ2) is 9.54. The number of carbonyl (C=O) groups is 1. The van der Waals surface area contributed by atoms with Crippen molar-refractivity contribution in [2.45, 2.75) is 26.6 Å². The second-order valence-electron chi connectivity index (χ2n) is 6.33. The largest absolute Gasteiger partial charge is 0.415 e. The molecule has 0 saturated carbocycles. The fourth-order valence-corrected chi connectivity index (χ4v) is 3.16. The van der Waals surface area contributed by atoms with Gasteiger partial charge < -0.3 is 20.1 Å². The molecule has 3 heterocycles. The number of amides is 2. The van der Waals surface area contributed by atoms with Crippen LogP contribution in [0, 0.1) is 6.92 Å².